The molecule has 0 saturated heterocycles. The van der Waals surface area contributed by atoms with Crippen LogP contribution >= 0.6 is 0 Å². The van der Waals surface area contributed by atoms with Crippen molar-refractivity contribution < 1.29 is 0 Å². The van der Waals surface area contributed by atoms with Crippen LogP contribution in [0.15, 0.2) is 24.5 Å². The van der Waals surface area contributed by atoms with Crippen molar-refractivity contribution in [3.8, 4) is 0 Å². The number of hydrogen-bond donors (Lipinski definition) is 3. The summed E-state index contributed by atoms with van der Waals surface area (Å²) in [7, 11) is 2.05. The zero-order valence-electron chi connectivity index (χ0n) is 11.5. The molecule has 1 aliphatic rings. The highest BCUT2D eigenvalue weighted by atomic mass is 14.9. The zero-order valence-corrected chi connectivity index (χ0v) is 11.5. The van der Waals surface area contributed by atoms with Crippen LogP contribution in [0.4, 0.5) is 0 Å². The Labute approximate surface area is 114 Å². The first-order valence-corrected chi connectivity index (χ1v) is 7.09. The first-order chi connectivity index (χ1) is 9.31. The van der Waals surface area contributed by atoms with Crippen LogP contribution in [0.25, 0.3) is 11.0 Å². The Bertz CT molecular complexity index is 542. The third-order valence-corrected chi connectivity index (χ3v) is 4.28. The highest BCUT2D eigenvalue weighted by Crippen LogP contribution is 2.39. The number of rotatable bonds is 6. The summed E-state index contributed by atoms with van der Waals surface area (Å²) in [5, 5.41) is 6.94. The Morgan fingerprint density at radius 2 is 2.21 bits per heavy atom. The maximum Gasteiger partial charge on any atom is 0.0931 e. The molecule has 1 fully saturated rings. The lowest BCUT2D eigenvalue weighted by Gasteiger charge is -2.42. The molecule has 4 heteroatoms. The van der Waals surface area contributed by atoms with Crippen LogP contribution in [0, 0.1) is 5.41 Å². The third-order valence-electron chi connectivity index (χ3n) is 4.28. The summed E-state index contributed by atoms with van der Waals surface area (Å²) in [6, 6.07) is 6.41. The van der Waals surface area contributed by atoms with Crippen LogP contribution in [-0.2, 0) is 6.54 Å². The highest BCUT2D eigenvalue weighted by molar-refractivity contribution is 5.74. The second kappa shape index (κ2) is 5.31. The Kier molecular flexibility index (Phi) is 3.53. The van der Waals surface area contributed by atoms with Gasteiger partial charge in [0.05, 0.1) is 17.4 Å². The predicted octanol–water partition coefficient (Wildman–Crippen LogP) is 2.04. The molecule has 0 amide bonds. The largest absolute Gasteiger partial charge is 0.345 e. The van der Waals surface area contributed by atoms with Gasteiger partial charge in [0.25, 0.3) is 0 Å². The molecule has 0 bridgehead atoms. The van der Waals surface area contributed by atoms with Crippen molar-refractivity contribution in [3.63, 3.8) is 0 Å². The van der Waals surface area contributed by atoms with Crippen LogP contribution in [0.2, 0.25) is 0 Å². The van der Waals surface area contributed by atoms with Crippen LogP contribution in [0.3, 0.4) is 0 Å². The summed E-state index contributed by atoms with van der Waals surface area (Å²) in [5.74, 6) is 0. The van der Waals surface area contributed by atoms with Crippen molar-refractivity contribution in [1.29, 1.82) is 0 Å². The number of imidazole rings is 1. The standard InChI is InChI=1S/C15H22N4/c1-16-9-15(5-2-6-15)10-17-8-12-3-4-13-14(7-12)19-11-18-13/h3-4,7,11,16-17H,2,5-6,8-10H2,1H3,(H,18,19). The molecule has 1 aromatic heterocycles. The van der Waals surface area contributed by atoms with Crippen LogP contribution in [0.1, 0.15) is 24.8 Å². The van der Waals surface area contributed by atoms with Crippen molar-refractivity contribution in [2.75, 3.05) is 20.1 Å². The molecular formula is C15H22N4. The monoisotopic (exact) mass is 258 g/mol. The van der Waals surface area contributed by atoms with Crippen molar-refractivity contribution in [2.24, 2.45) is 5.41 Å². The van der Waals surface area contributed by atoms with Crippen LogP contribution < -0.4 is 10.6 Å². The van der Waals surface area contributed by atoms with Gasteiger partial charge >= 0.3 is 0 Å². The number of H-pyrrole nitrogens is 1. The molecule has 1 saturated carbocycles. The minimum atomic E-state index is 0.493. The molecule has 0 radical (unpaired) electrons. The second-order valence-corrected chi connectivity index (χ2v) is 5.74. The summed E-state index contributed by atoms with van der Waals surface area (Å²) in [4.78, 5) is 7.40. The van der Waals surface area contributed by atoms with Gasteiger partial charge < -0.3 is 15.6 Å². The maximum absolute atomic E-state index is 4.24. The van der Waals surface area contributed by atoms with E-state index in [0.717, 1.165) is 30.7 Å². The molecule has 0 spiro atoms. The van der Waals surface area contributed by atoms with E-state index < -0.39 is 0 Å². The average molecular weight is 258 g/mol. The lowest BCUT2D eigenvalue weighted by Crippen LogP contribution is -2.46. The highest BCUT2D eigenvalue weighted by Gasteiger charge is 2.35. The van der Waals surface area contributed by atoms with E-state index in [1.165, 1.54) is 24.8 Å². The Hall–Kier alpha value is -1.39. The Morgan fingerprint density at radius 3 is 2.95 bits per heavy atom. The van der Waals surface area contributed by atoms with Gasteiger partial charge in [-0.15, -0.1) is 0 Å². The number of fused-ring (bicyclic) bond motifs is 1. The van der Waals surface area contributed by atoms with Crippen molar-refractivity contribution in [3.05, 3.63) is 30.1 Å². The SMILES string of the molecule is CNCC1(CNCc2ccc3nc[nH]c3c2)CCC1. The molecule has 3 N–H and O–H groups in total. The number of aromatic nitrogens is 2. The molecule has 1 aliphatic carbocycles. The predicted molar refractivity (Wildman–Crippen MR) is 78.0 cm³/mol. The minimum Gasteiger partial charge on any atom is -0.345 e. The summed E-state index contributed by atoms with van der Waals surface area (Å²) in [6.07, 6.45) is 5.82. The Morgan fingerprint density at radius 1 is 1.32 bits per heavy atom. The number of benzene rings is 1. The van der Waals surface area contributed by atoms with Gasteiger partial charge in [-0.05, 0) is 43.0 Å². The van der Waals surface area contributed by atoms with Gasteiger partial charge in [-0.3, -0.25) is 0 Å². The molecule has 0 unspecified atom stereocenters. The van der Waals surface area contributed by atoms with Gasteiger partial charge in [0.2, 0.25) is 0 Å². The van der Waals surface area contributed by atoms with E-state index in [1.807, 2.05) is 7.05 Å². The molecule has 0 aliphatic heterocycles. The number of aromatic amines is 1. The van der Waals surface area contributed by atoms with E-state index in [9.17, 15) is 0 Å². The van der Waals surface area contributed by atoms with Gasteiger partial charge in [0.1, 0.15) is 0 Å². The van der Waals surface area contributed by atoms with Crippen molar-refractivity contribution >= 4 is 11.0 Å². The average Bonchev–Trinajstić information content (AvgIpc) is 2.83. The molecular weight excluding hydrogens is 236 g/mol. The first kappa shape index (κ1) is 12.6. The molecule has 19 heavy (non-hydrogen) atoms. The summed E-state index contributed by atoms with van der Waals surface area (Å²) < 4.78 is 0. The minimum absolute atomic E-state index is 0.493. The lowest BCUT2D eigenvalue weighted by atomic mass is 9.68. The van der Waals surface area contributed by atoms with E-state index in [1.54, 1.807) is 6.33 Å². The maximum atomic E-state index is 4.24. The normalized spacial score (nSPS) is 17.5. The molecule has 3 rings (SSSR count). The van der Waals surface area contributed by atoms with Gasteiger partial charge in [-0.1, -0.05) is 12.5 Å². The molecule has 2 aromatic rings. The van der Waals surface area contributed by atoms with Crippen LogP contribution in [-0.4, -0.2) is 30.1 Å². The van der Waals surface area contributed by atoms with E-state index in [-0.39, 0.29) is 0 Å². The van der Waals surface area contributed by atoms with E-state index in [4.69, 9.17) is 0 Å². The summed E-state index contributed by atoms with van der Waals surface area (Å²) in [5.41, 5.74) is 3.96. The molecule has 1 aromatic carbocycles. The van der Waals surface area contributed by atoms with Gasteiger partial charge in [0.15, 0.2) is 0 Å². The van der Waals surface area contributed by atoms with Gasteiger partial charge in [-0.25, -0.2) is 4.98 Å². The van der Waals surface area contributed by atoms with Gasteiger partial charge in [0, 0.05) is 19.6 Å². The number of hydrogen-bond acceptors (Lipinski definition) is 3. The molecule has 0 atom stereocenters. The summed E-state index contributed by atoms with van der Waals surface area (Å²) in [6.45, 7) is 3.16. The van der Waals surface area contributed by atoms with Crippen molar-refractivity contribution in [1.82, 2.24) is 20.6 Å². The lowest BCUT2D eigenvalue weighted by molar-refractivity contribution is 0.130. The van der Waals surface area contributed by atoms with E-state index in [0.29, 0.717) is 5.41 Å². The third kappa shape index (κ3) is 2.65. The fourth-order valence-electron chi connectivity index (χ4n) is 3.03. The number of nitrogens with one attached hydrogen (secondary N) is 3. The van der Waals surface area contributed by atoms with E-state index >= 15 is 0 Å². The molecule has 4 nitrogen and oxygen atoms in total. The zero-order chi connectivity index (χ0) is 13.1. The van der Waals surface area contributed by atoms with Gasteiger partial charge in [-0.2, -0.15) is 0 Å². The van der Waals surface area contributed by atoms with E-state index in [2.05, 4.69) is 38.8 Å². The second-order valence-electron chi connectivity index (χ2n) is 5.74. The topological polar surface area (TPSA) is 52.7 Å². The van der Waals surface area contributed by atoms with Crippen molar-refractivity contribution in [2.45, 2.75) is 25.8 Å². The first-order valence-electron chi connectivity index (χ1n) is 7.09. The summed E-state index contributed by atoms with van der Waals surface area (Å²) >= 11 is 0. The smallest absolute Gasteiger partial charge is 0.0931 e. The fraction of sp³-hybridized carbons (Fsp3) is 0.533. The Balaban J connectivity index is 1.56. The van der Waals surface area contributed by atoms with Crippen LogP contribution in [0.5, 0.6) is 0 Å². The number of nitrogens with zero attached hydrogens (tertiary/aromatic N) is 1. The molecule has 1 heterocycles. The quantitative estimate of drug-likeness (QED) is 0.743. The fourth-order valence-corrected chi connectivity index (χ4v) is 3.03. The molecule has 102 valence electrons.